The molecule has 3 fully saturated rings. The molecule has 48 heavy (non-hydrogen) atoms. The van der Waals surface area contributed by atoms with Crippen molar-refractivity contribution < 1.29 is 33.3 Å². The molecule has 1 unspecified atom stereocenters. The highest BCUT2D eigenvalue weighted by atomic mass is 16.7. The number of hydrogen-bond donors (Lipinski definition) is 0. The first kappa shape index (κ1) is 34.2. The Morgan fingerprint density at radius 1 is 0.646 bits per heavy atom. The zero-order valence-electron chi connectivity index (χ0n) is 28.4. The van der Waals surface area contributed by atoms with Crippen LogP contribution in [0.4, 0.5) is 0 Å². The largest absolute Gasteiger partial charge is 0.494 e. The summed E-state index contributed by atoms with van der Waals surface area (Å²) in [6, 6.07) is 23.2. The van der Waals surface area contributed by atoms with Gasteiger partial charge in [0.25, 0.3) is 0 Å². The van der Waals surface area contributed by atoms with Gasteiger partial charge < -0.3 is 23.7 Å². The number of carbonyl (C=O) groups excluding carboxylic acids is 2. The lowest BCUT2D eigenvalue weighted by Crippen LogP contribution is -2.36. The maximum atomic E-state index is 13.1. The van der Waals surface area contributed by atoms with E-state index in [0.29, 0.717) is 23.7 Å². The molecule has 0 radical (unpaired) electrons. The van der Waals surface area contributed by atoms with Crippen LogP contribution in [0.2, 0.25) is 0 Å². The highest BCUT2D eigenvalue weighted by Crippen LogP contribution is 2.38. The molecule has 0 aromatic heterocycles. The molecule has 4 atom stereocenters. The first-order chi connectivity index (χ1) is 23.5. The molecular formula is C41H50O7. The van der Waals surface area contributed by atoms with Crippen molar-refractivity contribution in [3.05, 3.63) is 89.5 Å². The second-order valence-electron chi connectivity index (χ2n) is 13.6. The summed E-state index contributed by atoms with van der Waals surface area (Å²) < 4.78 is 29.3. The highest BCUT2D eigenvalue weighted by Gasteiger charge is 2.51. The van der Waals surface area contributed by atoms with Gasteiger partial charge in [-0.05, 0) is 97.0 Å². The number of fused-ring (bicyclic) bond motifs is 1. The molecule has 0 spiro atoms. The van der Waals surface area contributed by atoms with Crippen LogP contribution in [0.1, 0.15) is 110 Å². The molecule has 3 aromatic rings. The van der Waals surface area contributed by atoms with Crippen molar-refractivity contribution in [3.63, 3.8) is 0 Å². The summed E-state index contributed by atoms with van der Waals surface area (Å²) in [4.78, 5) is 26.1. The van der Waals surface area contributed by atoms with Gasteiger partial charge in [-0.3, -0.25) is 0 Å². The van der Waals surface area contributed by atoms with E-state index in [1.165, 1.54) is 56.9 Å². The van der Waals surface area contributed by atoms with Crippen molar-refractivity contribution in [1.82, 2.24) is 0 Å². The summed E-state index contributed by atoms with van der Waals surface area (Å²) in [7, 11) is 0. The zero-order valence-corrected chi connectivity index (χ0v) is 28.4. The number of esters is 2. The fraction of sp³-hybridized carbons (Fsp3) is 0.512. The van der Waals surface area contributed by atoms with E-state index < -0.39 is 36.4 Å². The van der Waals surface area contributed by atoms with E-state index in [0.717, 1.165) is 35.6 Å². The maximum Gasteiger partial charge on any atom is 0.338 e. The van der Waals surface area contributed by atoms with E-state index in [1.807, 2.05) is 48.5 Å². The van der Waals surface area contributed by atoms with Gasteiger partial charge in [-0.2, -0.15) is 0 Å². The third kappa shape index (κ3) is 8.48. The number of hydrogen-bond acceptors (Lipinski definition) is 7. The van der Waals surface area contributed by atoms with Gasteiger partial charge in [0.15, 0.2) is 12.2 Å². The topological polar surface area (TPSA) is 80.3 Å². The molecule has 0 bridgehead atoms. The van der Waals surface area contributed by atoms with Gasteiger partial charge in [-0.25, -0.2) is 9.59 Å². The number of ether oxygens (including phenoxy) is 5. The molecule has 2 heterocycles. The second kappa shape index (κ2) is 16.6. The van der Waals surface area contributed by atoms with E-state index in [2.05, 4.69) is 26.0 Å². The molecule has 2 aliphatic heterocycles. The molecule has 7 heteroatoms. The molecule has 0 N–H and O–H groups in total. The lowest BCUT2D eigenvalue weighted by Gasteiger charge is -2.29. The van der Waals surface area contributed by atoms with Crippen LogP contribution in [-0.2, 0) is 18.9 Å². The molecular weight excluding hydrogens is 604 g/mol. The van der Waals surface area contributed by atoms with Crippen LogP contribution in [0.15, 0.2) is 72.8 Å². The number of carbonyl (C=O) groups is 2. The third-order valence-electron chi connectivity index (χ3n) is 10.2. The van der Waals surface area contributed by atoms with Crippen LogP contribution in [0.5, 0.6) is 5.75 Å². The van der Waals surface area contributed by atoms with E-state index in [-0.39, 0.29) is 13.2 Å². The van der Waals surface area contributed by atoms with Gasteiger partial charge in [-0.15, -0.1) is 0 Å². The van der Waals surface area contributed by atoms with Crippen LogP contribution in [-0.4, -0.2) is 56.2 Å². The highest BCUT2D eigenvalue weighted by molar-refractivity contribution is 5.90. The third-order valence-corrected chi connectivity index (χ3v) is 10.2. The SMILES string of the molecule is CCCCCC1CCC(c2ccc(C(=O)O[C@H]3CO[C@H]4C(OC(=O)c5ccc(-c6ccc(OCCCC)cc6)cc5)CO[C@@H]34)cc2)CC1. The van der Waals surface area contributed by atoms with Gasteiger partial charge in [0, 0.05) is 0 Å². The smallest absolute Gasteiger partial charge is 0.338 e. The lowest BCUT2D eigenvalue weighted by molar-refractivity contribution is -0.0287. The van der Waals surface area contributed by atoms with E-state index >= 15 is 0 Å². The first-order valence-electron chi connectivity index (χ1n) is 18.1. The van der Waals surface area contributed by atoms with E-state index in [1.54, 1.807) is 12.1 Å². The summed E-state index contributed by atoms with van der Waals surface area (Å²) in [5, 5.41) is 0. The normalized spacial score (nSPS) is 25.0. The number of benzene rings is 3. The van der Waals surface area contributed by atoms with E-state index in [9.17, 15) is 9.59 Å². The van der Waals surface area contributed by atoms with Gasteiger partial charge in [0.05, 0.1) is 30.9 Å². The summed E-state index contributed by atoms with van der Waals surface area (Å²) in [6.45, 7) is 5.51. The molecule has 0 amide bonds. The molecule has 1 aliphatic carbocycles. The quantitative estimate of drug-likeness (QED) is 0.127. The Labute approximate surface area is 285 Å². The molecule has 6 rings (SSSR count). The molecule has 3 aromatic carbocycles. The van der Waals surface area contributed by atoms with Crippen molar-refractivity contribution in [3.8, 4) is 16.9 Å². The zero-order chi connectivity index (χ0) is 33.3. The maximum absolute atomic E-state index is 13.1. The van der Waals surface area contributed by atoms with Crippen LogP contribution in [0.25, 0.3) is 11.1 Å². The lowest BCUT2D eigenvalue weighted by atomic mass is 9.77. The van der Waals surface area contributed by atoms with Gasteiger partial charge in [0.1, 0.15) is 18.0 Å². The van der Waals surface area contributed by atoms with Gasteiger partial charge >= 0.3 is 11.9 Å². The standard InChI is InChI=1S/C41H50O7/c1-3-5-7-8-28-9-11-29(12-10-28)30-13-17-33(18-14-30)40(42)47-36-26-45-39-37(27-46-38(36)39)48-41(43)34-19-15-31(16-20-34)32-21-23-35(24-22-32)44-25-6-4-2/h13-24,28-29,36-39H,3-12,25-27H2,1-2H3/t28?,29?,36-,37?,38-,39-/m0/s1. The van der Waals surface area contributed by atoms with Crippen LogP contribution in [0.3, 0.4) is 0 Å². The van der Waals surface area contributed by atoms with Gasteiger partial charge in [0.2, 0.25) is 0 Å². The molecule has 256 valence electrons. The number of rotatable bonds is 14. The van der Waals surface area contributed by atoms with Crippen molar-refractivity contribution >= 4 is 11.9 Å². The molecule has 1 saturated carbocycles. The minimum absolute atomic E-state index is 0.190. The fourth-order valence-corrected chi connectivity index (χ4v) is 7.28. The Morgan fingerprint density at radius 3 is 1.71 bits per heavy atom. The Bertz CT molecular complexity index is 1460. The Balaban J connectivity index is 0.959. The molecule has 3 aliphatic rings. The monoisotopic (exact) mass is 654 g/mol. The van der Waals surface area contributed by atoms with Crippen LogP contribution >= 0.6 is 0 Å². The van der Waals surface area contributed by atoms with Gasteiger partial charge in [-0.1, -0.05) is 82.3 Å². The minimum atomic E-state index is -0.577. The molecule has 7 nitrogen and oxygen atoms in total. The Morgan fingerprint density at radius 2 is 1.17 bits per heavy atom. The molecule has 2 saturated heterocycles. The van der Waals surface area contributed by atoms with E-state index in [4.69, 9.17) is 23.7 Å². The Hall–Kier alpha value is -3.68. The first-order valence-corrected chi connectivity index (χ1v) is 18.1. The minimum Gasteiger partial charge on any atom is -0.494 e. The van der Waals surface area contributed by atoms with Crippen LogP contribution < -0.4 is 4.74 Å². The Kier molecular flexibility index (Phi) is 11.8. The second-order valence-corrected chi connectivity index (χ2v) is 13.6. The van der Waals surface area contributed by atoms with Crippen molar-refractivity contribution in [2.45, 2.75) is 108 Å². The predicted octanol–water partition coefficient (Wildman–Crippen LogP) is 8.94. The van der Waals surface area contributed by atoms with Crippen molar-refractivity contribution in [2.75, 3.05) is 19.8 Å². The fourth-order valence-electron chi connectivity index (χ4n) is 7.28. The number of unbranched alkanes of at least 4 members (excludes halogenated alkanes) is 3. The average molecular weight is 655 g/mol. The summed E-state index contributed by atoms with van der Waals surface area (Å²) in [5.41, 5.74) is 4.32. The predicted molar refractivity (Wildman–Crippen MR) is 185 cm³/mol. The van der Waals surface area contributed by atoms with Crippen molar-refractivity contribution in [1.29, 1.82) is 0 Å². The van der Waals surface area contributed by atoms with Crippen molar-refractivity contribution in [2.24, 2.45) is 5.92 Å². The average Bonchev–Trinajstić information content (AvgIpc) is 3.72. The summed E-state index contributed by atoms with van der Waals surface area (Å²) in [6.07, 6.45) is 10.4. The summed E-state index contributed by atoms with van der Waals surface area (Å²) in [5.74, 6) is 1.46. The van der Waals surface area contributed by atoms with Crippen LogP contribution in [0, 0.1) is 5.92 Å². The summed E-state index contributed by atoms with van der Waals surface area (Å²) >= 11 is 0.